The summed E-state index contributed by atoms with van der Waals surface area (Å²) in [5, 5.41) is 10.9. The molecular weight excluding hydrogens is 777 g/mol. The molecule has 14 heteroatoms. The van der Waals surface area contributed by atoms with Crippen LogP contribution in [0.1, 0.15) is 68.5 Å². The van der Waals surface area contributed by atoms with Gasteiger partial charge in [0.25, 0.3) is 5.69 Å². The number of nitro groups is 1. The van der Waals surface area contributed by atoms with Crippen molar-refractivity contribution in [2.75, 3.05) is 19.3 Å². The van der Waals surface area contributed by atoms with E-state index >= 15 is 0 Å². The molecule has 0 amide bonds. The van der Waals surface area contributed by atoms with E-state index in [2.05, 4.69) is 24.1 Å². The van der Waals surface area contributed by atoms with Crippen LogP contribution in [0.4, 0.5) is 11.4 Å². The number of aromatic nitrogens is 1. The van der Waals surface area contributed by atoms with Gasteiger partial charge >= 0.3 is 0 Å². The fourth-order valence-electron chi connectivity index (χ4n) is 5.68. The molecule has 58 heavy (non-hydrogen) atoms. The summed E-state index contributed by atoms with van der Waals surface area (Å²) in [4.78, 5) is 12.6. The Balaban J connectivity index is 0.000000391. The zero-order valence-corrected chi connectivity index (χ0v) is 33.7. The summed E-state index contributed by atoms with van der Waals surface area (Å²) in [6.07, 6.45) is 12.0. The van der Waals surface area contributed by atoms with E-state index in [-0.39, 0.29) is 35.3 Å². The van der Waals surface area contributed by atoms with Crippen molar-refractivity contribution in [3.05, 3.63) is 160 Å². The normalized spacial score (nSPS) is 13.8. The minimum atomic E-state index is -4.27. The lowest BCUT2D eigenvalue weighted by molar-refractivity contribution is -0.673. The molecule has 1 unspecified atom stereocenters. The first kappa shape index (κ1) is 50.8. The van der Waals surface area contributed by atoms with Crippen molar-refractivity contribution < 1.29 is 35.4 Å². The molecule has 1 aliphatic rings. The van der Waals surface area contributed by atoms with Crippen molar-refractivity contribution >= 4 is 43.8 Å². The highest BCUT2D eigenvalue weighted by atomic mass is 32.2. The lowest BCUT2D eigenvalue weighted by Gasteiger charge is -2.32. The molecule has 12 nitrogen and oxygen atoms in total. The van der Waals surface area contributed by atoms with Crippen LogP contribution < -0.4 is 10.3 Å². The Morgan fingerprint density at radius 2 is 1.28 bits per heavy atom. The summed E-state index contributed by atoms with van der Waals surface area (Å²) >= 11 is 0. The predicted octanol–water partition coefficient (Wildman–Crippen LogP) is 8.35. The minimum Gasteiger partial charge on any atom is -0.744 e. The van der Waals surface area contributed by atoms with Crippen LogP contribution in [0.25, 0.3) is 12.2 Å². The van der Waals surface area contributed by atoms with Gasteiger partial charge in [-0.15, -0.1) is 0 Å². The van der Waals surface area contributed by atoms with Gasteiger partial charge in [0.05, 0.1) is 20.3 Å². The summed E-state index contributed by atoms with van der Waals surface area (Å²) in [6.45, 7) is 4.90. The van der Waals surface area contributed by atoms with Crippen molar-refractivity contribution in [3.63, 3.8) is 0 Å². The van der Waals surface area contributed by atoms with Gasteiger partial charge in [0.15, 0.2) is 6.20 Å². The van der Waals surface area contributed by atoms with Gasteiger partial charge in [-0.2, -0.15) is 0 Å². The quantitative estimate of drug-likeness (QED) is 0.0523. The van der Waals surface area contributed by atoms with Crippen molar-refractivity contribution in [3.8, 4) is 0 Å². The van der Waals surface area contributed by atoms with E-state index < -0.39 is 20.2 Å². The van der Waals surface area contributed by atoms with Crippen LogP contribution in [-0.2, 0) is 33.7 Å². The second-order valence-corrected chi connectivity index (χ2v) is 16.0. The number of para-hydroxylation sites is 2. The molecule has 1 fully saturated rings. The largest absolute Gasteiger partial charge is 0.744 e. The number of hydrogen-bond acceptors (Lipinski definition) is 10. The summed E-state index contributed by atoms with van der Waals surface area (Å²) in [5.74, 6) is 0. The summed E-state index contributed by atoms with van der Waals surface area (Å²) < 4.78 is 64.3. The maximum Gasteiger partial charge on any atom is 0.276 e. The Morgan fingerprint density at radius 1 is 0.759 bits per heavy atom. The summed E-state index contributed by atoms with van der Waals surface area (Å²) in [5.41, 5.74) is 11.8. The molecule has 2 N–H and O–H groups in total. The molecule has 1 saturated heterocycles. The van der Waals surface area contributed by atoms with Crippen molar-refractivity contribution in [2.24, 2.45) is 7.05 Å². The number of nitrogens with zero attached hydrogens (tertiary/aromatic N) is 3. The minimum absolute atomic E-state index is 0. The standard InChI is InChI=1S/C14H13N2O2.C14H22N2.2C7H8O3S.2CH4/c1-15-11-5-4-7-13(15)10-9-12-6-2-3-8-14(12)16(17)18;1-16-11-5-4-7-13(16)10-9-12-6-2-3-8-14(12)15;2*1-6-2-4-7(5-3-6)11(8,9)10;;/h2-11H,1H3;2-3,6,8,13H,4-5,7,9-11,15H2,1H3;2*2-5H,1H3,(H,8,9,10);2*1H4/q+1;;;;;/p-2/b10-9+;;;;;. The fourth-order valence-corrected chi connectivity index (χ4v) is 6.62. The van der Waals surface area contributed by atoms with Crippen LogP contribution in [-0.4, -0.2) is 55.4 Å². The second kappa shape index (κ2) is 24.5. The average molecular weight is 834 g/mol. The van der Waals surface area contributed by atoms with E-state index in [9.17, 15) is 36.1 Å². The molecule has 1 aliphatic heterocycles. The summed E-state index contributed by atoms with van der Waals surface area (Å²) in [6, 6.07) is 33.1. The first-order valence-electron chi connectivity index (χ1n) is 17.9. The molecule has 0 bridgehead atoms. The topological polar surface area (TPSA) is 191 Å². The monoisotopic (exact) mass is 833 g/mol. The van der Waals surface area contributed by atoms with E-state index in [0.717, 1.165) is 35.0 Å². The van der Waals surface area contributed by atoms with Crippen LogP contribution in [0.15, 0.2) is 131 Å². The van der Waals surface area contributed by atoms with Gasteiger partial charge in [-0.25, -0.2) is 21.4 Å². The molecular formula is C44H57N4O8S2-. The van der Waals surface area contributed by atoms with Crippen LogP contribution in [0.5, 0.6) is 0 Å². The predicted molar refractivity (Wildman–Crippen MR) is 231 cm³/mol. The molecule has 0 spiro atoms. The van der Waals surface area contributed by atoms with E-state index in [1.54, 1.807) is 48.5 Å². The third-order valence-corrected chi connectivity index (χ3v) is 10.7. The highest BCUT2D eigenvalue weighted by Crippen LogP contribution is 2.22. The zero-order valence-electron chi connectivity index (χ0n) is 32.0. The first-order chi connectivity index (χ1) is 26.5. The number of anilines is 1. The van der Waals surface area contributed by atoms with E-state index in [4.69, 9.17) is 5.73 Å². The number of nitrogens with two attached hydrogens (primary N) is 1. The Morgan fingerprint density at radius 3 is 1.78 bits per heavy atom. The van der Waals surface area contributed by atoms with Crippen LogP contribution in [0.3, 0.4) is 0 Å². The van der Waals surface area contributed by atoms with Gasteiger partial charge in [-0.05, 0) is 107 Å². The third-order valence-electron chi connectivity index (χ3n) is 9.00. The molecule has 6 rings (SSSR count). The molecule has 2 heterocycles. The summed E-state index contributed by atoms with van der Waals surface area (Å²) in [7, 11) is -4.36. The van der Waals surface area contributed by atoms with Gasteiger partial charge in [0, 0.05) is 36.0 Å². The van der Waals surface area contributed by atoms with Crippen molar-refractivity contribution in [1.82, 2.24) is 4.90 Å². The number of aryl methyl sites for hydroxylation is 4. The van der Waals surface area contributed by atoms with Gasteiger partial charge in [-0.1, -0.05) is 87.0 Å². The van der Waals surface area contributed by atoms with Gasteiger partial charge in [-0.3, -0.25) is 10.1 Å². The molecule has 0 radical (unpaired) electrons. The third kappa shape index (κ3) is 17.5. The molecule has 0 saturated carbocycles. The van der Waals surface area contributed by atoms with Crippen LogP contribution >= 0.6 is 0 Å². The number of nitro benzene ring substituents is 1. The van der Waals surface area contributed by atoms with Gasteiger partial charge < -0.3 is 19.7 Å². The Labute approximate surface area is 345 Å². The Kier molecular flexibility index (Phi) is 21.5. The molecule has 314 valence electrons. The molecule has 4 aromatic carbocycles. The number of benzene rings is 4. The Hall–Kier alpha value is -5.25. The van der Waals surface area contributed by atoms with Crippen molar-refractivity contribution in [2.45, 2.75) is 76.6 Å². The number of piperidine rings is 1. The van der Waals surface area contributed by atoms with E-state index in [1.165, 1.54) is 68.1 Å². The molecule has 1 aromatic heterocycles. The number of rotatable bonds is 8. The van der Waals surface area contributed by atoms with Gasteiger partial charge in [0.2, 0.25) is 5.69 Å². The van der Waals surface area contributed by atoms with Crippen LogP contribution in [0, 0.1) is 24.0 Å². The molecule has 5 aromatic rings. The SMILES string of the molecule is C.C.CN1CCCCC1CCc1ccccc1N.C[n+]1ccccc1/C=C/c1ccccc1[N+](=O)[O-].Cc1ccc(S(=O)(=O)[O-])cc1.Cc1ccc(S(=O)(=O)[O-])cc1. The lowest BCUT2D eigenvalue weighted by atomic mass is 9.96. The zero-order chi connectivity index (χ0) is 41.3. The number of pyridine rings is 1. The highest BCUT2D eigenvalue weighted by Gasteiger charge is 2.18. The maximum atomic E-state index is 10.9. The number of nitrogen functional groups attached to an aromatic ring is 1. The Bertz CT molecular complexity index is 2190. The molecule has 0 aliphatic carbocycles. The highest BCUT2D eigenvalue weighted by molar-refractivity contribution is 7.86. The maximum absolute atomic E-state index is 10.9. The lowest BCUT2D eigenvalue weighted by Crippen LogP contribution is -2.36. The van der Waals surface area contributed by atoms with Gasteiger partial charge in [0.1, 0.15) is 27.3 Å². The van der Waals surface area contributed by atoms with Crippen molar-refractivity contribution in [1.29, 1.82) is 0 Å². The molecule has 1 atom stereocenters. The van der Waals surface area contributed by atoms with Crippen LogP contribution in [0.2, 0.25) is 0 Å². The van der Waals surface area contributed by atoms with E-state index in [1.807, 2.05) is 68.1 Å². The number of likely N-dealkylation sites (tertiary alicyclic amines) is 1. The first-order valence-corrected chi connectivity index (χ1v) is 20.7. The fraction of sp³-hybridized carbons (Fsp3) is 0.295. The number of hydrogen-bond donors (Lipinski definition) is 1. The smallest absolute Gasteiger partial charge is 0.276 e. The van der Waals surface area contributed by atoms with E-state index in [0.29, 0.717) is 5.56 Å². The average Bonchev–Trinajstić information content (AvgIpc) is 3.15. The second-order valence-electron chi connectivity index (χ2n) is 13.3.